The Morgan fingerprint density at radius 2 is 1.61 bits per heavy atom. The van der Waals surface area contributed by atoms with Gasteiger partial charge in [0, 0.05) is 17.5 Å². The van der Waals surface area contributed by atoms with Gasteiger partial charge in [0.05, 0.1) is 26.9 Å². The molecular formula is C20H19ClN2O5. The number of halogens is 1. The Balaban J connectivity index is 2.23. The molecule has 0 radical (unpaired) electrons. The lowest BCUT2D eigenvalue weighted by atomic mass is 10.00. The Kier molecular flexibility index (Phi) is 5.75. The number of aromatic nitrogens is 1. The number of carbonyl (C=O) groups is 1. The van der Waals surface area contributed by atoms with Crippen LogP contribution in [0.5, 0.6) is 17.2 Å². The Labute approximate surface area is 167 Å². The van der Waals surface area contributed by atoms with E-state index in [1.54, 1.807) is 24.3 Å². The molecule has 0 aliphatic carbocycles. The van der Waals surface area contributed by atoms with Crippen LogP contribution in [0.3, 0.4) is 0 Å². The van der Waals surface area contributed by atoms with E-state index in [2.05, 4.69) is 10.5 Å². The van der Waals surface area contributed by atoms with Crippen molar-refractivity contribution in [2.75, 3.05) is 26.6 Å². The van der Waals surface area contributed by atoms with Crippen LogP contribution in [-0.2, 0) is 4.79 Å². The van der Waals surface area contributed by atoms with Crippen molar-refractivity contribution in [2.24, 2.45) is 0 Å². The summed E-state index contributed by atoms with van der Waals surface area (Å²) in [7, 11) is 4.60. The number of carbonyl (C=O) groups excluding carboxylic acids is 1. The average molecular weight is 403 g/mol. The summed E-state index contributed by atoms with van der Waals surface area (Å²) in [5.41, 5.74) is 2.56. The van der Waals surface area contributed by atoms with Crippen LogP contribution in [0.4, 0.5) is 5.88 Å². The maximum Gasteiger partial charge on any atom is 0.239 e. The molecule has 0 atom stereocenters. The molecule has 8 heteroatoms. The van der Waals surface area contributed by atoms with E-state index in [1.165, 1.54) is 28.3 Å². The smallest absolute Gasteiger partial charge is 0.239 e. The first-order valence-electron chi connectivity index (χ1n) is 8.32. The predicted molar refractivity (Wildman–Crippen MR) is 106 cm³/mol. The molecule has 0 aliphatic rings. The molecule has 0 fully saturated rings. The van der Waals surface area contributed by atoms with Crippen LogP contribution in [0.25, 0.3) is 22.4 Å². The quantitative estimate of drug-likeness (QED) is 0.646. The van der Waals surface area contributed by atoms with Crippen molar-refractivity contribution in [1.29, 1.82) is 0 Å². The first kappa shape index (κ1) is 19.6. The molecule has 28 heavy (non-hydrogen) atoms. The van der Waals surface area contributed by atoms with Gasteiger partial charge in [-0.15, -0.1) is 0 Å². The summed E-state index contributed by atoms with van der Waals surface area (Å²) in [6, 6.07) is 10.7. The van der Waals surface area contributed by atoms with Crippen LogP contribution < -0.4 is 19.5 Å². The van der Waals surface area contributed by atoms with Gasteiger partial charge < -0.3 is 18.7 Å². The monoisotopic (exact) mass is 402 g/mol. The first-order valence-corrected chi connectivity index (χ1v) is 8.69. The topological polar surface area (TPSA) is 82.8 Å². The summed E-state index contributed by atoms with van der Waals surface area (Å²) >= 11 is 6.01. The van der Waals surface area contributed by atoms with Crippen molar-refractivity contribution in [2.45, 2.75) is 6.92 Å². The third-order valence-corrected chi connectivity index (χ3v) is 4.30. The number of hydrogen-bond donors (Lipinski definition) is 1. The van der Waals surface area contributed by atoms with Crippen LogP contribution in [-0.4, -0.2) is 32.4 Å². The Bertz CT molecular complexity index is 973. The van der Waals surface area contributed by atoms with E-state index < -0.39 is 0 Å². The minimum atomic E-state index is -0.275. The second-order valence-corrected chi connectivity index (χ2v) is 6.27. The van der Waals surface area contributed by atoms with E-state index in [4.69, 9.17) is 30.3 Å². The molecule has 0 saturated heterocycles. The normalized spacial score (nSPS) is 10.5. The van der Waals surface area contributed by atoms with Crippen molar-refractivity contribution in [3.05, 3.63) is 41.4 Å². The fourth-order valence-electron chi connectivity index (χ4n) is 2.83. The number of nitrogens with zero attached hydrogens (tertiary/aromatic N) is 1. The molecule has 1 aromatic heterocycles. The zero-order chi connectivity index (χ0) is 20.3. The number of amides is 1. The molecule has 0 saturated carbocycles. The van der Waals surface area contributed by atoms with Crippen molar-refractivity contribution < 1.29 is 23.5 Å². The van der Waals surface area contributed by atoms with Gasteiger partial charge in [-0.1, -0.05) is 28.9 Å². The number of rotatable bonds is 6. The van der Waals surface area contributed by atoms with Gasteiger partial charge in [0.25, 0.3) is 0 Å². The van der Waals surface area contributed by atoms with E-state index in [-0.39, 0.29) is 11.8 Å². The van der Waals surface area contributed by atoms with E-state index in [1.807, 2.05) is 12.1 Å². The lowest BCUT2D eigenvalue weighted by Gasteiger charge is -2.14. The van der Waals surface area contributed by atoms with Gasteiger partial charge >= 0.3 is 0 Å². The average Bonchev–Trinajstić information content (AvgIpc) is 3.10. The number of methoxy groups -OCH3 is 3. The highest BCUT2D eigenvalue weighted by Gasteiger charge is 2.23. The molecule has 0 spiro atoms. The summed E-state index contributed by atoms with van der Waals surface area (Å²) in [6.07, 6.45) is 0. The molecule has 146 valence electrons. The zero-order valence-electron chi connectivity index (χ0n) is 15.8. The fraction of sp³-hybridized carbons (Fsp3) is 0.200. The lowest BCUT2D eigenvalue weighted by Crippen LogP contribution is -2.05. The molecule has 0 aliphatic heterocycles. The third kappa shape index (κ3) is 3.75. The third-order valence-electron chi connectivity index (χ3n) is 4.05. The van der Waals surface area contributed by atoms with Gasteiger partial charge in [0.1, 0.15) is 5.69 Å². The second-order valence-electron chi connectivity index (χ2n) is 5.84. The van der Waals surface area contributed by atoms with E-state index in [0.717, 1.165) is 5.56 Å². The minimum absolute atomic E-state index is 0.235. The van der Waals surface area contributed by atoms with Gasteiger partial charge in [-0.2, -0.15) is 0 Å². The summed E-state index contributed by atoms with van der Waals surface area (Å²) in [4.78, 5) is 11.6. The van der Waals surface area contributed by atoms with Crippen molar-refractivity contribution in [1.82, 2.24) is 5.16 Å². The van der Waals surface area contributed by atoms with Crippen LogP contribution in [0.15, 0.2) is 40.9 Å². The van der Waals surface area contributed by atoms with Crippen molar-refractivity contribution >= 4 is 23.4 Å². The SMILES string of the molecule is COc1cc(-c2noc(NC(C)=O)c2-c2ccc(Cl)cc2)cc(OC)c1OC. The summed E-state index contributed by atoms with van der Waals surface area (Å²) in [5.74, 6) is 1.37. The first-order chi connectivity index (χ1) is 13.5. The minimum Gasteiger partial charge on any atom is -0.493 e. The number of anilines is 1. The molecule has 0 unspecified atom stereocenters. The maximum atomic E-state index is 11.6. The summed E-state index contributed by atoms with van der Waals surface area (Å²) < 4.78 is 21.6. The largest absolute Gasteiger partial charge is 0.493 e. The zero-order valence-corrected chi connectivity index (χ0v) is 16.6. The lowest BCUT2D eigenvalue weighted by molar-refractivity contribution is -0.114. The van der Waals surface area contributed by atoms with Crippen molar-refractivity contribution in [3.8, 4) is 39.6 Å². The van der Waals surface area contributed by atoms with Gasteiger partial charge in [0.2, 0.25) is 17.5 Å². The van der Waals surface area contributed by atoms with Crippen LogP contribution in [0.2, 0.25) is 5.02 Å². The molecule has 1 N–H and O–H groups in total. The number of hydrogen-bond acceptors (Lipinski definition) is 6. The van der Waals surface area contributed by atoms with E-state index in [9.17, 15) is 4.79 Å². The van der Waals surface area contributed by atoms with E-state index in [0.29, 0.717) is 39.1 Å². The van der Waals surface area contributed by atoms with Crippen LogP contribution in [0, 0.1) is 0 Å². The number of benzene rings is 2. The molecular weight excluding hydrogens is 384 g/mol. The maximum absolute atomic E-state index is 11.6. The van der Waals surface area contributed by atoms with E-state index >= 15 is 0 Å². The van der Waals surface area contributed by atoms with Crippen LogP contribution in [0.1, 0.15) is 6.92 Å². The second kappa shape index (κ2) is 8.22. The van der Waals surface area contributed by atoms with Gasteiger partial charge in [0.15, 0.2) is 11.5 Å². The standard InChI is InChI=1S/C20H19ClN2O5/c1-11(24)22-20-17(12-5-7-14(21)8-6-12)18(23-28-20)13-9-15(25-2)19(27-4)16(10-13)26-3/h5-10H,1-4H3,(H,22,24). The number of ether oxygens (including phenoxy) is 3. The molecule has 0 bridgehead atoms. The van der Waals surface area contributed by atoms with Crippen LogP contribution >= 0.6 is 11.6 Å². The summed E-state index contributed by atoms with van der Waals surface area (Å²) in [6.45, 7) is 1.40. The Morgan fingerprint density at radius 1 is 1.00 bits per heavy atom. The predicted octanol–water partition coefficient (Wildman–Crippen LogP) is 4.65. The fourth-order valence-corrected chi connectivity index (χ4v) is 2.96. The Hall–Kier alpha value is -3.19. The molecule has 3 aromatic rings. The van der Waals surface area contributed by atoms with Gasteiger partial charge in [-0.25, -0.2) is 0 Å². The summed E-state index contributed by atoms with van der Waals surface area (Å²) in [5, 5.41) is 7.43. The molecule has 1 amide bonds. The molecule has 7 nitrogen and oxygen atoms in total. The van der Waals surface area contributed by atoms with Crippen molar-refractivity contribution in [3.63, 3.8) is 0 Å². The molecule has 1 heterocycles. The molecule has 2 aromatic carbocycles. The highest BCUT2D eigenvalue weighted by Crippen LogP contribution is 2.44. The highest BCUT2D eigenvalue weighted by molar-refractivity contribution is 6.30. The van der Waals surface area contributed by atoms with Gasteiger partial charge in [-0.3, -0.25) is 10.1 Å². The van der Waals surface area contributed by atoms with Gasteiger partial charge in [-0.05, 0) is 29.8 Å². The molecule has 3 rings (SSSR count). The number of nitrogens with one attached hydrogen (secondary N) is 1. The highest BCUT2D eigenvalue weighted by atomic mass is 35.5. The Morgan fingerprint density at radius 3 is 2.11 bits per heavy atom.